The summed E-state index contributed by atoms with van der Waals surface area (Å²) in [6.07, 6.45) is -0.616. The smallest absolute Gasteiger partial charge is 0.263 e. The monoisotopic (exact) mass is 347 g/mol. The maximum absolute atomic E-state index is 11.9. The molecule has 0 amide bonds. The third-order valence-electron chi connectivity index (χ3n) is 3.49. The van der Waals surface area contributed by atoms with E-state index in [1.54, 1.807) is 24.3 Å². The van der Waals surface area contributed by atoms with Crippen LogP contribution in [0.2, 0.25) is 0 Å². The molecule has 1 atom stereocenters. The van der Waals surface area contributed by atoms with Crippen LogP contribution in [0.15, 0.2) is 34.2 Å². The van der Waals surface area contributed by atoms with E-state index in [2.05, 4.69) is 14.6 Å². The van der Waals surface area contributed by atoms with Gasteiger partial charge in [-0.05, 0) is 25.2 Å². The van der Waals surface area contributed by atoms with Gasteiger partial charge in [0.25, 0.3) is 10.0 Å². The van der Waals surface area contributed by atoms with E-state index < -0.39 is 16.1 Å². The summed E-state index contributed by atoms with van der Waals surface area (Å²) in [6.45, 7) is 6.48. The predicted molar refractivity (Wildman–Crippen MR) is 89.2 cm³/mol. The van der Waals surface area contributed by atoms with Gasteiger partial charge in [-0.25, -0.2) is 8.42 Å². The maximum atomic E-state index is 11.9. The Morgan fingerprint density at radius 1 is 1.27 bits per heavy atom. The third-order valence-corrected chi connectivity index (χ3v) is 4.88. The average molecular weight is 348 g/mol. The van der Waals surface area contributed by atoms with E-state index in [1.807, 2.05) is 13.8 Å². The number of benzene rings is 1. The highest BCUT2D eigenvalue weighted by atomic mass is 35.5. The Morgan fingerprint density at radius 2 is 1.91 bits per heavy atom. The number of hydrogen-bond donors (Lipinski definition) is 2. The Morgan fingerprint density at radius 3 is 2.55 bits per heavy atom. The lowest BCUT2D eigenvalue weighted by Crippen LogP contribution is -2.34. The number of sulfonamides is 1. The fraction of sp³-hybridized carbons (Fsp3) is 0.500. The van der Waals surface area contributed by atoms with Crippen molar-refractivity contribution in [3.8, 4) is 0 Å². The molecule has 124 valence electrons. The van der Waals surface area contributed by atoms with Gasteiger partial charge in [0.1, 0.15) is 5.84 Å². The summed E-state index contributed by atoms with van der Waals surface area (Å²) in [6, 6.07) is 6.70. The van der Waals surface area contributed by atoms with Crippen LogP contribution in [-0.2, 0) is 10.0 Å². The normalized spacial score (nSPS) is 18.6. The molecule has 0 spiro atoms. The van der Waals surface area contributed by atoms with Crippen molar-refractivity contribution in [2.45, 2.75) is 24.8 Å². The van der Waals surface area contributed by atoms with Crippen LogP contribution in [0.3, 0.4) is 0 Å². The Hall–Kier alpha value is -1.15. The molecule has 1 aliphatic heterocycles. The maximum Gasteiger partial charge on any atom is 0.263 e. The highest BCUT2D eigenvalue weighted by molar-refractivity contribution is 7.90. The Balaban J connectivity index is 0.00000242. The van der Waals surface area contributed by atoms with Crippen LogP contribution in [0.1, 0.15) is 19.4 Å². The van der Waals surface area contributed by atoms with Crippen molar-refractivity contribution in [2.75, 3.05) is 26.2 Å². The number of amidine groups is 1. The fourth-order valence-electron chi connectivity index (χ4n) is 2.29. The van der Waals surface area contributed by atoms with Gasteiger partial charge < -0.3 is 10.0 Å². The van der Waals surface area contributed by atoms with Crippen molar-refractivity contribution in [3.63, 3.8) is 0 Å². The second-order valence-electron chi connectivity index (χ2n) is 4.93. The molecular formula is C14H22ClN3O3S. The van der Waals surface area contributed by atoms with Gasteiger partial charge in [0, 0.05) is 12.1 Å². The molecule has 1 aliphatic rings. The van der Waals surface area contributed by atoms with Gasteiger partial charge in [0.05, 0.1) is 17.5 Å². The van der Waals surface area contributed by atoms with Crippen LogP contribution in [-0.4, -0.2) is 56.5 Å². The number of aliphatic hydroxyl groups is 1. The highest BCUT2D eigenvalue weighted by Crippen LogP contribution is 2.22. The molecule has 1 heterocycles. The average Bonchev–Trinajstić information content (AvgIpc) is 2.74. The van der Waals surface area contributed by atoms with Gasteiger partial charge in [0.15, 0.2) is 0 Å². The van der Waals surface area contributed by atoms with Crippen LogP contribution < -0.4 is 4.72 Å². The van der Waals surface area contributed by atoms with Crippen LogP contribution in [0.4, 0.5) is 0 Å². The molecule has 0 aliphatic carbocycles. The zero-order chi connectivity index (χ0) is 15.5. The van der Waals surface area contributed by atoms with E-state index >= 15 is 0 Å². The zero-order valence-corrected chi connectivity index (χ0v) is 14.3. The van der Waals surface area contributed by atoms with E-state index in [0.717, 1.165) is 13.1 Å². The summed E-state index contributed by atoms with van der Waals surface area (Å²) in [5, 5.41) is 9.99. The highest BCUT2D eigenvalue weighted by Gasteiger charge is 2.30. The van der Waals surface area contributed by atoms with Crippen LogP contribution in [0.5, 0.6) is 0 Å². The second-order valence-corrected chi connectivity index (χ2v) is 6.58. The number of likely N-dealkylation sites (N-methyl/N-ethyl adjacent to an activating group) is 1. The predicted octanol–water partition coefficient (Wildman–Crippen LogP) is 0.850. The molecule has 0 bridgehead atoms. The third kappa shape index (κ3) is 4.19. The zero-order valence-electron chi connectivity index (χ0n) is 12.7. The van der Waals surface area contributed by atoms with Gasteiger partial charge >= 0.3 is 0 Å². The number of hydrogen-bond acceptors (Lipinski definition) is 5. The van der Waals surface area contributed by atoms with E-state index in [9.17, 15) is 13.5 Å². The first-order chi connectivity index (χ1) is 9.97. The largest absolute Gasteiger partial charge is 0.390 e. The minimum Gasteiger partial charge on any atom is -0.390 e. The van der Waals surface area contributed by atoms with E-state index in [4.69, 9.17) is 0 Å². The van der Waals surface area contributed by atoms with Crippen molar-refractivity contribution < 1.29 is 13.5 Å². The van der Waals surface area contributed by atoms with Crippen LogP contribution in [0, 0.1) is 0 Å². The van der Waals surface area contributed by atoms with E-state index in [0.29, 0.717) is 17.9 Å². The molecule has 22 heavy (non-hydrogen) atoms. The molecule has 1 aromatic rings. The first kappa shape index (κ1) is 18.9. The Bertz CT molecular complexity index is 630. The number of halogens is 1. The molecule has 0 fully saturated rings. The number of nitrogens with one attached hydrogen (secondary N) is 1. The molecule has 0 aromatic heterocycles. The van der Waals surface area contributed by atoms with Crippen molar-refractivity contribution in [1.29, 1.82) is 0 Å². The summed E-state index contributed by atoms with van der Waals surface area (Å²) < 4.78 is 26.3. The number of nitrogens with zero attached hydrogens (tertiary/aromatic N) is 2. The fourth-order valence-corrected chi connectivity index (χ4v) is 3.54. The number of aliphatic imine (C=N–C) groups is 1. The molecule has 8 heteroatoms. The molecule has 0 saturated carbocycles. The first-order valence-electron chi connectivity index (χ1n) is 7.05. The molecule has 0 saturated heterocycles. The first-order valence-corrected chi connectivity index (χ1v) is 8.53. The van der Waals surface area contributed by atoms with Gasteiger partial charge in [0.2, 0.25) is 0 Å². The Labute approximate surface area is 137 Å². The molecule has 1 aromatic carbocycles. The van der Waals surface area contributed by atoms with Crippen molar-refractivity contribution in [2.24, 2.45) is 4.99 Å². The minimum atomic E-state index is -3.51. The lowest BCUT2D eigenvalue weighted by molar-refractivity contribution is 0.125. The summed E-state index contributed by atoms with van der Waals surface area (Å²) in [7, 11) is -3.51. The van der Waals surface area contributed by atoms with E-state index in [-0.39, 0.29) is 23.8 Å². The van der Waals surface area contributed by atoms with Gasteiger partial charge in [-0.15, -0.1) is 12.4 Å². The molecule has 2 N–H and O–H groups in total. The molecule has 2 rings (SSSR count). The van der Waals surface area contributed by atoms with Gasteiger partial charge in [-0.2, -0.15) is 0 Å². The standard InChI is InChI=1S/C14H21N3O3S.ClH/c1-3-17(4-2)10-11(18)9-15-14-12-7-5-6-8-13(12)21(19,20)16-14;/h5-8,11,18H,3-4,9-10H2,1-2H3,(H,15,16);1H. The summed E-state index contributed by atoms with van der Waals surface area (Å²) in [5.74, 6) is 0.309. The number of rotatable bonds is 6. The Kier molecular flexibility index (Phi) is 6.80. The molecule has 6 nitrogen and oxygen atoms in total. The minimum absolute atomic E-state index is 0. The lowest BCUT2D eigenvalue weighted by atomic mass is 10.2. The van der Waals surface area contributed by atoms with Crippen molar-refractivity contribution in [1.82, 2.24) is 9.62 Å². The molecular weight excluding hydrogens is 326 g/mol. The van der Waals surface area contributed by atoms with Gasteiger partial charge in [-0.3, -0.25) is 9.71 Å². The van der Waals surface area contributed by atoms with Crippen LogP contribution in [0.25, 0.3) is 0 Å². The second kappa shape index (κ2) is 7.92. The van der Waals surface area contributed by atoms with E-state index in [1.165, 1.54) is 0 Å². The van der Waals surface area contributed by atoms with Crippen molar-refractivity contribution >= 4 is 28.3 Å². The summed E-state index contributed by atoms with van der Waals surface area (Å²) in [4.78, 5) is 6.56. The lowest BCUT2D eigenvalue weighted by Gasteiger charge is -2.20. The SMILES string of the molecule is CCN(CC)CC(O)CN=C1NS(=O)(=O)c2ccccc21.Cl. The topological polar surface area (TPSA) is 82.0 Å². The summed E-state index contributed by atoms with van der Waals surface area (Å²) in [5.41, 5.74) is 0.563. The van der Waals surface area contributed by atoms with Crippen molar-refractivity contribution in [3.05, 3.63) is 29.8 Å². The number of fused-ring (bicyclic) bond motifs is 1. The number of aliphatic hydroxyl groups excluding tert-OH is 1. The quantitative estimate of drug-likeness (QED) is 0.799. The molecule has 0 radical (unpaired) electrons. The summed E-state index contributed by atoms with van der Waals surface area (Å²) >= 11 is 0. The van der Waals surface area contributed by atoms with Crippen LogP contribution >= 0.6 is 12.4 Å². The van der Waals surface area contributed by atoms with Gasteiger partial charge in [-0.1, -0.05) is 26.0 Å². The molecule has 1 unspecified atom stereocenters.